The molecule has 6 heteroatoms. The molecule has 0 bridgehead atoms. The van der Waals surface area contributed by atoms with Crippen molar-refractivity contribution < 1.29 is 9.21 Å². The van der Waals surface area contributed by atoms with Crippen molar-refractivity contribution in [2.75, 3.05) is 31.9 Å². The van der Waals surface area contributed by atoms with Gasteiger partial charge in [0.05, 0.1) is 6.26 Å². The van der Waals surface area contributed by atoms with Gasteiger partial charge in [-0.2, -0.15) is 0 Å². The van der Waals surface area contributed by atoms with E-state index in [0.717, 1.165) is 29.6 Å². The van der Waals surface area contributed by atoms with Crippen LogP contribution in [0.3, 0.4) is 0 Å². The maximum absolute atomic E-state index is 12.4. The number of hydrogen-bond acceptors (Lipinski definition) is 4. The third-order valence-corrected chi connectivity index (χ3v) is 7.15. The summed E-state index contributed by atoms with van der Waals surface area (Å²) in [5, 5.41) is 0. The number of thiocarbonyl (C=S) groups is 1. The number of piperazine rings is 1. The monoisotopic (exact) mass is 450 g/mol. The molecular formula is C25H26N2O2S2. The molecule has 0 N–H and O–H groups in total. The number of benzene rings is 2. The van der Waals surface area contributed by atoms with Gasteiger partial charge in [-0.05, 0) is 29.7 Å². The quantitative estimate of drug-likeness (QED) is 0.478. The zero-order valence-electron chi connectivity index (χ0n) is 17.4. The highest BCUT2D eigenvalue weighted by molar-refractivity contribution is 8.22. The summed E-state index contributed by atoms with van der Waals surface area (Å²) in [6.45, 7) is 2.85. The van der Waals surface area contributed by atoms with Crippen LogP contribution in [0.1, 0.15) is 34.0 Å². The largest absolute Gasteiger partial charge is 0.459 e. The third-order valence-electron chi connectivity index (χ3n) is 5.59. The van der Waals surface area contributed by atoms with Gasteiger partial charge in [-0.3, -0.25) is 4.79 Å². The Labute approximate surface area is 193 Å². The smallest absolute Gasteiger partial charge is 0.289 e. The van der Waals surface area contributed by atoms with Crippen molar-refractivity contribution in [3.8, 4) is 0 Å². The van der Waals surface area contributed by atoms with Crippen LogP contribution in [0, 0.1) is 0 Å². The van der Waals surface area contributed by atoms with Gasteiger partial charge in [-0.1, -0.05) is 84.6 Å². The topological polar surface area (TPSA) is 36.7 Å². The molecular weight excluding hydrogens is 424 g/mol. The molecule has 0 aliphatic carbocycles. The van der Waals surface area contributed by atoms with Crippen LogP contribution in [0.5, 0.6) is 0 Å². The van der Waals surface area contributed by atoms with Crippen LogP contribution in [0.15, 0.2) is 83.5 Å². The number of carbonyl (C=O) groups is 1. The second kappa shape index (κ2) is 10.6. The maximum atomic E-state index is 12.4. The van der Waals surface area contributed by atoms with Gasteiger partial charge in [0, 0.05) is 37.8 Å². The molecule has 4 rings (SSSR count). The lowest BCUT2D eigenvalue weighted by atomic mass is 9.89. The average molecular weight is 451 g/mol. The molecule has 3 aromatic rings. The van der Waals surface area contributed by atoms with E-state index < -0.39 is 0 Å². The second-order valence-corrected chi connectivity index (χ2v) is 9.26. The zero-order valence-corrected chi connectivity index (χ0v) is 19.0. The standard InChI is InChI=1S/C25H26N2O2S2/c28-24(23-12-7-18-29-23)26-14-16-27(17-15-26)25(30)31-19-13-22(20-8-3-1-4-9-20)21-10-5-2-6-11-21/h1-12,18,22H,13-17,19H2. The molecule has 0 unspecified atom stereocenters. The van der Waals surface area contributed by atoms with Crippen LogP contribution in [0.25, 0.3) is 0 Å². The second-order valence-electron chi connectivity index (χ2n) is 7.53. The molecule has 1 fully saturated rings. The Morgan fingerprint density at radius 3 is 2.00 bits per heavy atom. The van der Waals surface area contributed by atoms with Gasteiger partial charge in [0.25, 0.3) is 5.91 Å². The summed E-state index contributed by atoms with van der Waals surface area (Å²) in [6.07, 6.45) is 2.56. The predicted molar refractivity (Wildman–Crippen MR) is 131 cm³/mol. The summed E-state index contributed by atoms with van der Waals surface area (Å²) in [4.78, 5) is 16.5. The number of carbonyl (C=O) groups excluding carboxylic acids is 1. The minimum absolute atomic E-state index is 0.0446. The first-order valence-electron chi connectivity index (χ1n) is 10.6. The van der Waals surface area contributed by atoms with Crippen LogP contribution in [-0.4, -0.2) is 52.0 Å². The van der Waals surface area contributed by atoms with E-state index in [0.29, 0.717) is 24.8 Å². The minimum atomic E-state index is -0.0446. The Bertz CT molecular complexity index is 930. The van der Waals surface area contributed by atoms with Crippen molar-refractivity contribution in [1.29, 1.82) is 0 Å². The molecule has 0 atom stereocenters. The Morgan fingerprint density at radius 1 is 0.871 bits per heavy atom. The SMILES string of the molecule is O=C(c1ccco1)N1CCN(C(=S)SCCC(c2ccccc2)c2ccccc2)CC1. The molecule has 1 aliphatic rings. The molecule has 2 aromatic carbocycles. The number of furan rings is 1. The lowest BCUT2D eigenvalue weighted by Gasteiger charge is -2.35. The average Bonchev–Trinajstić information content (AvgIpc) is 3.37. The number of nitrogens with zero attached hydrogens (tertiary/aromatic N) is 2. The van der Waals surface area contributed by atoms with Crippen LogP contribution in [0.4, 0.5) is 0 Å². The molecule has 4 nitrogen and oxygen atoms in total. The number of amides is 1. The van der Waals surface area contributed by atoms with Crippen LogP contribution in [-0.2, 0) is 0 Å². The number of rotatable bonds is 6. The van der Waals surface area contributed by atoms with Crippen molar-refractivity contribution in [1.82, 2.24) is 9.80 Å². The van der Waals surface area contributed by atoms with Crippen molar-refractivity contribution in [3.63, 3.8) is 0 Å². The maximum Gasteiger partial charge on any atom is 0.289 e. The van der Waals surface area contributed by atoms with Gasteiger partial charge in [-0.15, -0.1) is 0 Å². The summed E-state index contributed by atoms with van der Waals surface area (Å²) in [6, 6.07) is 24.8. The summed E-state index contributed by atoms with van der Waals surface area (Å²) in [7, 11) is 0. The van der Waals surface area contributed by atoms with Gasteiger partial charge in [0.2, 0.25) is 0 Å². The first kappa shape index (κ1) is 21.7. The fraction of sp³-hybridized carbons (Fsp3) is 0.280. The summed E-state index contributed by atoms with van der Waals surface area (Å²) in [5.74, 6) is 1.68. The van der Waals surface area contributed by atoms with Crippen LogP contribution in [0.2, 0.25) is 0 Å². The molecule has 1 amide bonds. The Morgan fingerprint density at radius 2 is 1.45 bits per heavy atom. The number of hydrogen-bond donors (Lipinski definition) is 0. The lowest BCUT2D eigenvalue weighted by Crippen LogP contribution is -2.49. The molecule has 160 valence electrons. The van der Waals surface area contributed by atoms with E-state index >= 15 is 0 Å². The summed E-state index contributed by atoms with van der Waals surface area (Å²) < 4.78 is 6.16. The fourth-order valence-corrected chi connectivity index (χ4v) is 5.23. The van der Waals surface area contributed by atoms with Gasteiger partial charge < -0.3 is 14.2 Å². The molecule has 0 radical (unpaired) electrons. The van der Waals surface area contributed by atoms with E-state index in [4.69, 9.17) is 16.6 Å². The van der Waals surface area contributed by atoms with Crippen LogP contribution < -0.4 is 0 Å². The summed E-state index contributed by atoms with van der Waals surface area (Å²) >= 11 is 7.45. The third kappa shape index (κ3) is 5.57. The highest BCUT2D eigenvalue weighted by Gasteiger charge is 2.25. The van der Waals surface area contributed by atoms with E-state index in [1.54, 1.807) is 23.9 Å². The van der Waals surface area contributed by atoms with E-state index in [2.05, 4.69) is 65.6 Å². The van der Waals surface area contributed by atoms with Crippen molar-refractivity contribution in [2.45, 2.75) is 12.3 Å². The minimum Gasteiger partial charge on any atom is -0.459 e. The van der Waals surface area contributed by atoms with E-state index in [1.807, 2.05) is 4.90 Å². The molecule has 2 heterocycles. The van der Waals surface area contributed by atoms with E-state index in [1.165, 1.54) is 17.4 Å². The number of thioether (sulfide) groups is 1. The fourth-order valence-electron chi connectivity index (χ4n) is 3.90. The van der Waals surface area contributed by atoms with Crippen molar-refractivity contribution in [3.05, 3.63) is 95.9 Å². The summed E-state index contributed by atoms with van der Waals surface area (Å²) in [5.41, 5.74) is 2.68. The lowest BCUT2D eigenvalue weighted by molar-refractivity contribution is 0.0663. The highest BCUT2D eigenvalue weighted by atomic mass is 32.2. The first-order chi connectivity index (χ1) is 15.2. The molecule has 0 spiro atoms. The molecule has 1 aliphatic heterocycles. The van der Waals surface area contributed by atoms with Gasteiger partial charge in [0.1, 0.15) is 4.32 Å². The highest BCUT2D eigenvalue weighted by Crippen LogP contribution is 2.30. The first-order valence-corrected chi connectivity index (χ1v) is 12.0. The predicted octanol–water partition coefficient (Wildman–Crippen LogP) is 5.28. The van der Waals surface area contributed by atoms with E-state index in [9.17, 15) is 4.79 Å². The van der Waals surface area contributed by atoms with Gasteiger partial charge in [-0.25, -0.2) is 0 Å². The van der Waals surface area contributed by atoms with Gasteiger partial charge in [0.15, 0.2) is 5.76 Å². The van der Waals surface area contributed by atoms with Crippen molar-refractivity contribution >= 4 is 34.2 Å². The molecule has 1 aromatic heterocycles. The normalized spacial score (nSPS) is 14.1. The Kier molecular flexibility index (Phi) is 7.43. The van der Waals surface area contributed by atoms with E-state index in [-0.39, 0.29) is 5.91 Å². The van der Waals surface area contributed by atoms with Gasteiger partial charge >= 0.3 is 0 Å². The molecule has 1 saturated heterocycles. The molecule has 0 saturated carbocycles. The molecule has 31 heavy (non-hydrogen) atoms. The Hall–Kier alpha value is -2.57. The Balaban J connectivity index is 1.29. The van der Waals surface area contributed by atoms with Crippen molar-refractivity contribution in [2.24, 2.45) is 0 Å². The van der Waals surface area contributed by atoms with Crippen LogP contribution >= 0.6 is 24.0 Å². The zero-order chi connectivity index (χ0) is 21.5.